The van der Waals surface area contributed by atoms with Crippen LogP contribution in [0.3, 0.4) is 0 Å². The quantitative estimate of drug-likeness (QED) is 0.843. The molecule has 3 N–H and O–H groups in total. The Morgan fingerprint density at radius 3 is 2.70 bits per heavy atom. The summed E-state index contributed by atoms with van der Waals surface area (Å²) >= 11 is 0. The number of nitrogens with one attached hydrogen (secondary N) is 1. The lowest BCUT2D eigenvalue weighted by Crippen LogP contribution is -2.41. The summed E-state index contributed by atoms with van der Waals surface area (Å²) < 4.78 is 10.7. The third-order valence-electron chi connectivity index (χ3n) is 3.25. The van der Waals surface area contributed by atoms with E-state index in [0.29, 0.717) is 11.3 Å². The fourth-order valence-electron chi connectivity index (χ4n) is 2.05. The van der Waals surface area contributed by atoms with Crippen LogP contribution in [-0.2, 0) is 9.53 Å². The SMILES string of the molecule is Cc1cc(=O)oc2cc(NC(=O)[C@H](N)COC(C)(C)C)ccc12. The van der Waals surface area contributed by atoms with Gasteiger partial charge in [0.25, 0.3) is 0 Å². The van der Waals surface area contributed by atoms with Crippen molar-refractivity contribution in [3.8, 4) is 0 Å². The number of ether oxygens (including phenoxy) is 1. The fourth-order valence-corrected chi connectivity index (χ4v) is 2.05. The van der Waals surface area contributed by atoms with E-state index in [1.807, 2.05) is 27.7 Å². The second-order valence-corrected chi connectivity index (χ2v) is 6.48. The van der Waals surface area contributed by atoms with Crippen molar-refractivity contribution in [2.24, 2.45) is 5.73 Å². The predicted octanol–water partition coefficient (Wildman–Crippen LogP) is 2.18. The summed E-state index contributed by atoms with van der Waals surface area (Å²) in [6, 6.07) is 5.79. The topological polar surface area (TPSA) is 94.6 Å². The van der Waals surface area contributed by atoms with E-state index in [9.17, 15) is 9.59 Å². The summed E-state index contributed by atoms with van der Waals surface area (Å²) in [4.78, 5) is 23.5. The number of carbonyl (C=O) groups is 1. The molecule has 1 heterocycles. The monoisotopic (exact) mass is 318 g/mol. The number of hydrogen-bond acceptors (Lipinski definition) is 5. The molecule has 0 saturated carbocycles. The third kappa shape index (κ3) is 4.64. The zero-order valence-corrected chi connectivity index (χ0v) is 13.8. The number of hydrogen-bond donors (Lipinski definition) is 2. The first kappa shape index (κ1) is 17.2. The Kier molecular flexibility index (Phi) is 4.87. The van der Waals surface area contributed by atoms with Gasteiger partial charge in [-0.2, -0.15) is 0 Å². The lowest BCUT2D eigenvalue weighted by Gasteiger charge is -2.22. The summed E-state index contributed by atoms with van der Waals surface area (Å²) in [6.45, 7) is 7.64. The van der Waals surface area contributed by atoms with E-state index in [1.165, 1.54) is 6.07 Å². The number of nitrogens with two attached hydrogens (primary N) is 1. The average Bonchev–Trinajstić information content (AvgIpc) is 2.43. The van der Waals surface area contributed by atoms with Gasteiger partial charge in [-0.25, -0.2) is 4.79 Å². The number of rotatable bonds is 4. The summed E-state index contributed by atoms with van der Waals surface area (Å²) in [5.41, 5.74) is 6.80. The molecule has 0 radical (unpaired) electrons. The van der Waals surface area contributed by atoms with Crippen molar-refractivity contribution in [1.29, 1.82) is 0 Å². The van der Waals surface area contributed by atoms with E-state index in [2.05, 4.69) is 5.32 Å². The van der Waals surface area contributed by atoms with E-state index in [1.54, 1.807) is 18.2 Å². The molecule has 0 aliphatic rings. The van der Waals surface area contributed by atoms with Crippen molar-refractivity contribution < 1.29 is 13.9 Å². The Morgan fingerprint density at radius 1 is 1.35 bits per heavy atom. The number of fused-ring (bicyclic) bond motifs is 1. The van der Waals surface area contributed by atoms with E-state index >= 15 is 0 Å². The van der Waals surface area contributed by atoms with Crippen LogP contribution in [0, 0.1) is 6.92 Å². The van der Waals surface area contributed by atoms with Gasteiger partial charge in [0, 0.05) is 23.2 Å². The van der Waals surface area contributed by atoms with Crippen LogP contribution in [0.2, 0.25) is 0 Å². The lowest BCUT2D eigenvalue weighted by atomic mass is 10.1. The molecular formula is C17H22N2O4. The third-order valence-corrected chi connectivity index (χ3v) is 3.25. The van der Waals surface area contributed by atoms with Gasteiger partial charge in [-0.15, -0.1) is 0 Å². The minimum atomic E-state index is -0.783. The van der Waals surface area contributed by atoms with Gasteiger partial charge >= 0.3 is 5.63 Å². The van der Waals surface area contributed by atoms with Crippen molar-refractivity contribution >= 4 is 22.6 Å². The van der Waals surface area contributed by atoms with E-state index in [0.717, 1.165) is 10.9 Å². The van der Waals surface area contributed by atoms with Gasteiger partial charge in [0.1, 0.15) is 11.6 Å². The van der Waals surface area contributed by atoms with Crippen LogP contribution in [0.5, 0.6) is 0 Å². The highest BCUT2D eigenvalue weighted by Gasteiger charge is 2.18. The Labute approximate surface area is 134 Å². The molecule has 6 nitrogen and oxygen atoms in total. The van der Waals surface area contributed by atoms with Crippen molar-refractivity contribution in [1.82, 2.24) is 0 Å². The van der Waals surface area contributed by atoms with Crippen molar-refractivity contribution in [3.63, 3.8) is 0 Å². The maximum Gasteiger partial charge on any atom is 0.336 e. The first-order valence-corrected chi connectivity index (χ1v) is 7.40. The van der Waals surface area contributed by atoms with Gasteiger partial charge in [-0.1, -0.05) is 0 Å². The molecule has 0 bridgehead atoms. The van der Waals surface area contributed by atoms with E-state index in [-0.39, 0.29) is 18.1 Å². The highest BCUT2D eigenvalue weighted by atomic mass is 16.5. The molecule has 2 rings (SSSR count). The van der Waals surface area contributed by atoms with Gasteiger partial charge in [0.2, 0.25) is 5.91 Å². The Balaban J connectivity index is 2.12. The molecule has 124 valence electrons. The molecule has 0 aliphatic carbocycles. The molecule has 6 heteroatoms. The smallest absolute Gasteiger partial charge is 0.336 e. The molecule has 0 spiro atoms. The van der Waals surface area contributed by atoms with Crippen molar-refractivity contribution in [2.75, 3.05) is 11.9 Å². The minimum Gasteiger partial charge on any atom is -0.423 e. The molecular weight excluding hydrogens is 296 g/mol. The summed E-state index contributed by atoms with van der Waals surface area (Å²) in [5, 5.41) is 3.53. The summed E-state index contributed by atoms with van der Waals surface area (Å²) in [6.07, 6.45) is 0. The number of carbonyl (C=O) groups excluding carboxylic acids is 1. The number of aryl methyl sites for hydroxylation is 1. The molecule has 1 aromatic heterocycles. The zero-order valence-electron chi connectivity index (χ0n) is 13.8. The van der Waals surface area contributed by atoms with Crippen LogP contribution in [0.4, 0.5) is 5.69 Å². The lowest BCUT2D eigenvalue weighted by molar-refractivity contribution is -0.120. The molecule has 0 aliphatic heterocycles. The summed E-state index contributed by atoms with van der Waals surface area (Å²) in [5.74, 6) is -0.358. The standard InChI is InChI=1S/C17H22N2O4/c1-10-7-15(20)23-14-8-11(5-6-12(10)14)19-16(21)13(18)9-22-17(2,3)4/h5-8,13H,9,18H2,1-4H3,(H,19,21)/t13-/m1/s1. The van der Waals surface area contributed by atoms with Crippen LogP contribution in [0.25, 0.3) is 11.0 Å². The van der Waals surface area contributed by atoms with Crippen LogP contribution in [0.15, 0.2) is 33.5 Å². The van der Waals surface area contributed by atoms with Gasteiger partial charge < -0.3 is 20.2 Å². The van der Waals surface area contributed by atoms with Crippen molar-refractivity contribution in [2.45, 2.75) is 39.3 Å². The Bertz CT molecular complexity index is 774. The second-order valence-electron chi connectivity index (χ2n) is 6.48. The van der Waals surface area contributed by atoms with Gasteiger partial charge in [0.05, 0.1) is 12.2 Å². The van der Waals surface area contributed by atoms with Crippen molar-refractivity contribution in [3.05, 3.63) is 40.2 Å². The molecule has 23 heavy (non-hydrogen) atoms. The number of anilines is 1. The maximum absolute atomic E-state index is 12.1. The van der Waals surface area contributed by atoms with Crippen LogP contribution in [-0.4, -0.2) is 24.2 Å². The molecule has 0 saturated heterocycles. The highest BCUT2D eigenvalue weighted by Crippen LogP contribution is 2.20. The van der Waals surface area contributed by atoms with E-state index in [4.69, 9.17) is 14.9 Å². The van der Waals surface area contributed by atoms with Crippen LogP contribution >= 0.6 is 0 Å². The Hall–Kier alpha value is -2.18. The van der Waals surface area contributed by atoms with Crippen LogP contribution < -0.4 is 16.7 Å². The molecule has 0 fully saturated rings. The van der Waals surface area contributed by atoms with Gasteiger partial charge in [-0.05, 0) is 45.4 Å². The fraction of sp³-hybridized carbons (Fsp3) is 0.412. The normalized spacial score (nSPS) is 13.1. The highest BCUT2D eigenvalue weighted by molar-refractivity contribution is 5.96. The minimum absolute atomic E-state index is 0.122. The average molecular weight is 318 g/mol. The van der Waals surface area contributed by atoms with Crippen LogP contribution in [0.1, 0.15) is 26.3 Å². The Morgan fingerprint density at radius 2 is 2.04 bits per heavy atom. The molecule has 1 aromatic carbocycles. The molecule has 0 unspecified atom stereocenters. The summed E-state index contributed by atoms with van der Waals surface area (Å²) in [7, 11) is 0. The zero-order chi connectivity index (χ0) is 17.2. The first-order valence-electron chi connectivity index (χ1n) is 7.40. The largest absolute Gasteiger partial charge is 0.423 e. The first-order chi connectivity index (χ1) is 10.7. The van der Waals surface area contributed by atoms with Gasteiger partial charge in [0.15, 0.2) is 0 Å². The molecule has 1 atom stereocenters. The maximum atomic E-state index is 12.1. The number of amides is 1. The predicted molar refractivity (Wildman–Crippen MR) is 89.5 cm³/mol. The van der Waals surface area contributed by atoms with Gasteiger partial charge in [-0.3, -0.25) is 4.79 Å². The molecule has 1 amide bonds. The number of benzene rings is 1. The van der Waals surface area contributed by atoms with E-state index < -0.39 is 11.7 Å². The molecule has 2 aromatic rings. The second kappa shape index (κ2) is 6.52.